The smallest absolute Gasteiger partial charge is 0.137 e. The summed E-state index contributed by atoms with van der Waals surface area (Å²) in [5.41, 5.74) is 5.26. The molecule has 0 amide bonds. The second-order valence-electron chi connectivity index (χ2n) is 12.0. The number of aryl methyl sites for hydroxylation is 1. The molecule has 0 radical (unpaired) electrons. The molecular weight excluding hydrogens is 430 g/mol. The van der Waals surface area contributed by atoms with Crippen molar-refractivity contribution in [2.45, 2.75) is 84.8 Å². The Bertz CT molecular complexity index is 887. The van der Waals surface area contributed by atoms with Crippen molar-refractivity contribution in [3.8, 4) is 5.75 Å². The molecule has 1 fully saturated rings. The van der Waals surface area contributed by atoms with E-state index in [-0.39, 0.29) is 23.2 Å². The molecule has 3 nitrogen and oxygen atoms in total. The van der Waals surface area contributed by atoms with Crippen LogP contribution in [0.2, 0.25) is 0 Å². The van der Waals surface area contributed by atoms with Gasteiger partial charge in [0, 0.05) is 18.4 Å². The molecule has 1 heterocycles. The van der Waals surface area contributed by atoms with Gasteiger partial charge in [-0.3, -0.25) is 0 Å². The minimum Gasteiger partial charge on any atom is -1.00 e. The molecule has 1 aliphatic rings. The van der Waals surface area contributed by atoms with Gasteiger partial charge in [0.05, 0.1) is 13.1 Å². The first-order chi connectivity index (χ1) is 14.9. The quantitative estimate of drug-likeness (QED) is 0.626. The van der Waals surface area contributed by atoms with Crippen LogP contribution >= 0.6 is 0 Å². The van der Waals surface area contributed by atoms with Gasteiger partial charge in [0.1, 0.15) is 31.5 Å². The van der Waals surface area contributed by atoms with Gasteiger partial charge in [0.25, 0.3) is 0 Å². The molecule has 0 spiro atoms. The molecule has 3 rings (SSSR count). The summed E-state index contributed by atoms with van der Waals surface area (Å²) in [5, 5.41) is 11.0. The Labute approximate surface area is 208 Å². The molecule has 2 aromatic carbocycles. The normalized spacial score (nSPS) is 16.8. The van der Waals surface area contributed by atoms with Gasteiger partial charge in [-0.2, -0.15) is 0 Å². The summed E-state index contributed by atoms with van der Waals surface area (Å²) in [6, 6.07) is 15.4. The van der Waals surface area contributed by atoms with Crippen LogP contribution in [-0.4, -0.2) is 41.9 Å². The van der Waals surface area contributed by atoms with Crippen molar-refractivity contribution in [1.82, 2.24) is 0 Å². The van der Waals surface area contributed by atoms with Crippen molar-refractivity contribution in [3.05, 3.63) is 64.7 Å². The van der Waals surface area contributed by atoms with Gasteiger partial charge in [-0.05, 0) is 34.9 Å². The zero-order valence-electron chi connectivity index (χ0n) is 21.7. The third-order valence-corrected chi connectivity index (χ3v) is 6.84. The average molecular weight is 474 g/mol. The molecule has 2 aromatic rings. The summed E-state index contributed by atoms with van der Waals surface area (Å²) < 4.78 is 7.22. The Morgan fingerprint density at radius 1 is 0.909 bits per heavy atom. The van der Waals surface area contributed by atoms with E-state index in [2.05, 4.69) is 90.9 Å². The van der Waals surface area contributed by atoms with E-state index in [9.17, 15) is 5.11 Å². The Kier molecular flexibility index (Phi) is 9.06. The van der Waals surface area contributed by atoms with E-state index in [1.807, 2.05) is 0 Å². The van der Waals surface area contributed by atoms with Crippen LogP contribution in [-0.2, 0) is 17.4 Å². The highest BCUT2D eigenvalue weighted by Crippen LogP contribution is 2.35. The SMILES string of the molecule is Cc1ccc(C[N+]2(CC(O)COc3ccc(C(C)(C)C)cc3C(C)(C)C)CCCC2)cc1.[Cl-]. The van der Waals surface area contributed by atoms with Gasteiger partial charge in [-0.25, -0.2) is 0 Å². The molecule has 0 aliphatic carbocycles. The predicted molar refractivity (Wildman–Crippen MR) is 134 cm³/mol. The maximum atomic E-state index is 11.0. The molecular formula is C29H44ClNO2. The summed E-state index contributed by atoms with van der Waals surface area (Å²) in [4.78, 5) is 0. The second kappa shape index (κ2) is 10.8. The maximum absolute atomic E-state index is 11.0. The van der Waals surface area contributed by atoms with Crippen LogP contribution in [0.3, 0.4) is 0 Å². The summed E-state index contributed by atoms with van der Waals surface area (Å²) in [6.45, 7) is 19.9. The molecule has 1 saturated heterocycles. The molecule has 184 valence electrons. The molecule has 1 aliphatic heterocycles. The molecule has 0 bridgehead atoms. The van der Waals surface area contributed by atoms with E-state index in [1.54, 1.807) is 0 Å². The van der Waals surface area contributed by atoms with Crippen LogP contribution in [0, 0.1) is 6.92 Å². The number of likely N-dealkylation sites (tertiary alicyclic amines) is 1. The van der Waals surface area contributed by atoms with E-state index in [4.69, 9.17) is 4.74 Å². The minimum atomic E-state index is -0.478. The Morgan fingerprint density at radius 2 is 1.52 bits per heavy atom. The number of hydrogen-bond donors (Lipinski definition) is 1. The number of quaternary nitrogens is 1. The summed E-state index contributed by atoms with van der Waals surface area (Å²) >= 11 is 0. The first kappa shape index (κ1) is 27.7. The van der Waals surface area contributed by atoms with E-state index >= 15 is 0 Å². The number of hydrogen-bond acceptors (Lipinski definition) is 2. The van der Waals surface area contributed by atoms with Crippen molar-refractivity contribution in [2.75, 3.05) is 26.2 Å². The maximum Gasteiger partial charge on any atom is 0.137 e. The highest BCUT2D eigenvalue weighted by Gasteiger charge is 2.35. The number of aliphatic hydroxyl groups is 1. The van der Waals surface area contributed by atoms with Crippen LogP contribution in [0.25, 0.3) is 0 Å². The standard InChI is InChI=1S/C29H44NO2.ClH/c1-22-10-12-23(13-11-22)19-30(16-8-9-17-30)20-25(31)21-32-27-15-14-24(28(2,3)4)18-26(27)29(5,6)7;/h10-15,18,25,31H,8-9,16-17,19-21H2,1-7H3;1H/q+1;/p-1. The first-order valence-corrected chi connectivity index (χ1v) is 12.2. The van der Waals surface area contributed by atoms with E-state index in [0.29, 0.717) is 6.61 Å². The van der Waals surface area contributed by atoms with Crippen LogP contribution < -0.4 is 17.1 Å². The molecule has 4 heteroatoms. The lowest BCUT2D eigenvalue weighted by molar-refractivity contribution is -0.932. The minimum absolute atomic E-state index is 0. The lowest BCUT2D eigenvalue weighted by atomic mass is 9.80. The fraction of sp³-hybridized carbons (Fsp3) is 0.586. The fourth-order valence-electron chi connectivity index (χ4n) is 4.89. The number of halogens is 1. The zero-order valence-corrected chi connectivity index (χ0v) is 22.5. The fourth-order valence-corrected chi connectivity index (χ4v) is 4.89. The van der Waals surface area contributed by atoms with Crippen LogP contribution in [0.5, 0.6) is 5.75 Å². The van der Waals surface area contributed by atoms with Gasteiger partial charge in [0.2, 0.25) is 0 Å². The summed E-state index contributed by atoms with van der Waals surface area (Å²) in [5.74, 6) is 0.899. The average Bonchev–Trinajstić information content (AvgIpc) is 3.14. The molecule has 0 saturated carbocycles. The van der Waals surface area contributed by atoms with E-state index < -0.39 is 6.10 Å². The van der Waals surface area contributed by atoms with Crippen LogP contribution in [0.15, 0.2) is 42.5 Å². The lowest BCUT2D eigenvalue weighted by Crippen LogP contribution is -3.00. The molecule has 33 heavy (non-hydrogen) atoms. The van der Waals surface area contributed by atoms with Gasteiger partial charge < -0.3 is 26.7 Å². The number of rotatable bonds is 7. The second-order valence-corrected chi connectivity index (χ2v) is 12.0. The Balaban J connectivity index is 0.00000385. The third-order valence-electron chi connectivity index (χ3n) is 6.84. The van der Waals surface area contributed by atoms with E-state index in [0.717, 1.165) is 36.4 Å². The largest absolute Gasteiger partial charge is 1.00 e. The number of ether oxygens (including phenoxy) is 1. The van der Waals surface area contributed by atoms with Gasteiger partial charge in [-0.1, -0.05) is 83.5 Å². The van der Waals surface area contributed by atoms with Crippen molar-refractivity contribution in [2.24, 2.45) is 0 Å². The van der Waals surface area contributed by atoms with Crippen molar-refractivity contribution in [3.63, 3.8) is 0 Å². The van der Waals surface area contributed by atoms with Crippen LogP contribution in [0.1, 0.15) is 76.6 Å². The lowest BCUT2D eigenvalue weighted by Gasteiger charge is -2.36. The van der Waals surface area contributed by atoms with Gasteiger partial charge in [0.15, 0.2) is 0 Å². The topological polar surface area (TPSA) is 29.5 Å². The first-order valence-electron chi connectivity index (χ1n) is 12.2. The highest BCUT2D eigenvalue weighted by molar-refractivity contribution is 5.43. The highest BCUT2D eigenvalue weighted by atomic mass is 35.5. The van der Waals surface area contributed by atoms with E-state index in [1.165, 1.54) is 35.1 Å². The Morgan fingerprint density at radius 3 is 2.06 bits per heavy atom. The van der Waals surface area contributed by atoms with Crippen molar-refractivity contribution < 1.29 is 26.7 Å². The summed E-state index contributed by atoms with van der Waals surface area (Å²) in [7, 11) is 0. The third kappa shape index (κ3) is 7.47. The molecule has 1 unspecified atom stereocenters. The molecule has 1 N–H and O–H groups in total. The van der Waals surface area contributed by atoms with Gasteiger partial charge in [-0.15, -0.1) is 0 Å². The number of aliphatic hydroxyl groups excluding tert-OH is 1. The van der Waals surface area contributed by atoms with Gasteiger partial charge >= 0.3 is 0 Å². The van der Waals surface area contributed by atoms with Crippen molar-refractivity contribution in [1.29, 1.82) is 0 Å². The number of benzene rings is 2. The monoisotopic (exact) mass is 473 g/mol. The number of nitrogens with zero attached hydrogens (tertiary/aromatic N) is 1. The summed E-state index contributed by atoms with van der Waals surface area (Å²) in [6.07, 6.45) is 2.00. The predicted octanol–water partition coefficient (Wildman–Crippen LogP) is 3.14. The van der Waals surface area contributed by atoms with Crippen LogP contribution in [0.4, 0.5) is 0 Å². The molecule has 1 atom stereocenters. The van der Waals surface area contributed by atoms with Crippen molar-refractivity contribution >= 4 is 0 Å². The molecule has 0 aromatic heterocycles. The zero-order chi connectivity index (χ0) is 23.6. The Hall–Kier alpha value is -1.55.